The van der Waals surface area contributed by atoms with Crippen molar-refractivity contribution in [2.24, 2.45) is 5.73 Å². The highest BCUT2D eigenvalue weighted by molar-refractivity contribution is 7.87. The normalized spacial score (nSPS) is 12.4. The number of hydrogen-bond donors (Lipinski definition) is 2. The summed E-state index contributed by atoms with van der Waals surface area (Å²) in [4.78, 5) is 23.6. The molecule has 0 amide bonds. The van der Waals surface area contributed by atoms with Crippen molar-refractivity contribution in [3.8, 4) is 0 Å². The summed E-state index contributed by atoms with van der Waals surface area (Å²) in [6.07, 6.45) is 0.164. The van der Waals surface area contributed by atoms with Crippen LogP contribution in [0.4, 0.5) is 0 Å². The van der Waals surface area contributed by atoms with E-state index in [1.54, 1.807) is 31.2 Å². The Bertz CT molecular complexity index is 633. The number of benzene rings is 1. The molecule has 8 nitrogen and oxygen atoms in total. The van der Waals surface area contributed by atoms with Gasteiger partial charge in [0.05, 0.1) is 18.9 Å². The van der Waals surface area contributed by atoms with Crippen molar-refractivity contribution in [2.45, 2.75) is 19.4 Å². The van der Waals surface area contributed by atoms with Gasteiger partial charge in [0.1, 0.15) is 6.04 Å². The highest BCUT2D eigenvalue weighted by Gasteiger charge is 2.26. The summed E-state index contributed by atoms with van der Waals surface area (Å²) in [5.41, 5.74) is 5.96. The SMILES string of the molecule is CCOC(=O)CN[C@@H](Cc1ccccc1)C(=O)OS(=O)(=O)CCN. The first-order valence-electron chi connectivity index (χ1n) is 7.47. The van der Waals surface area contributed by atoms with Gasteiger partial charge in [-0.05, 0) is 18.9 Å². The fourth-order valence-electron chi connectivity index (χ4n) is 1.88. The molecule has 0 aliphatic heterocycles. The lowest BCUT2D eigenvalue weighted by Gasteiger charge is -2.17. The molecule has 0 bridgehead atoms. The van der Waals surface area contributed by atoms with Crippen LogP contribution in [-0.4, -0.2) is 51.8 Å². The molecule has 1 atom stereocenters. The average molecular weight is 358 g/mol. The lowest BCUT2D eigenvalue weighted by Crippen LogP contribution is -2.43. The third kappa shape index (κ3) is 7.53. The predicted molar refractivity (Wildman–Crippen MR) is 87.5 cm³/mol. The van der Waals surface area contributed by atoms with Crippen LogP contribution >= 0.6 is 0 Å². The minimum Gasteiger partial charge on any atom is -0.465 e. The summed E-state index contributed by atoms with van der Waals surface area (Å²) >= 11 is 0. The van der Waals surface area contributed by atoms with Crippen LogP contribution in [0.25, 0.3) is 0 Å². The second-order valence-electron chi connectivity index (χ2n) is 4.88. The van der Waals surface area contributed by atoms with Crippen LogP contribution in [0.15, 0.2) is 30.3 Å². The Kier molecular flexibility index (Phi) is 8.37. The molecule has 24 heavy (non-hydrogen) atoms. The third-order valence-corrected chi connectivity index (χ3v) is 4.10. The minimum atomic E-state index is -4.05. The van der Waals surface area contributed by atoms with Gasteiger partial charge in [-0.25, -0.2) is 4.79 Å². The summed E-state index contributed by atoms with van der Waals surface area (Å²) in [7, 11) is -4.05. The maximum absolute atomic E-state index is 12.2. The highest BCUT2D eigenvalue weighted by Crippen LogP contribution is 2.06. The van der Waals surface area contributed by atoms with Crippen molar-refractivity contribution < 1.29 is 26.9 Å². The van der Waals surface area contributed by atoms with E-state index >= 15 is 0 Å². The molecule has 0 unspecified atom stereocenters. The lowest BCUT2D eigenvalue weighted by atomic mass is 10.1. The van der Waals surface area contributed by atoms with Crippen molar-refractivity contribution in [3.05, 3.63) is 35.9 Å². The second kappa shape index (κ2) is 10.0. The first kappa shape index (κ1) is 20.1. The molecule has 0 fully saturated rings. The van der Waals surface area contributed by atoms with Crippen molar-refractivity contribution in [3.63, 3.8) is 0 Å². The van der Waals surface area contributed by atoms with Crippen molar-refractivity contribution in [1.82, 2.24) is 5.32 Å². The van der Waals surface area contributed by atoms with Gasteiger partial charge < -0.3 is 14.7 Å². The van der Waals surface area contributed by atoms with Gasteiger partial charge in [-0.2, -0.15) is 8.42 Å². The van der Waals surface area contributed by atoms with E-state index in [1.165, 1.54) is 0 Å². The van der Waals surface area contributed by atoms with E-state index < -0.39 is 33.9 Å². The van der Waals surface area contributed by atoms with Gasteiger partial charge in [-0.15, -0.1) is 0 Å². The molecule has 9 heteroatoms. The molecule has 1 aromatic carbocycles. The number of carbonyl (C=O) groups is 2. The molecule has 0 saturated carbocycles. The molecule has 0 spiro atoms. The van der Waals surface area contributed by atoms with E-state index in [1.807, 2.05) is 6.07 Å². The zero-order valence-electron chi connectivity index (χ0n) is 13.4. The first-order chi connectivity index (χ1) is 11.4. The Balaban J connectivity index is 2.79. The standard InChI is InChI=1S/C15H22N2O6S/c1-2-22-14(18)11-17-13(10-12-6-4-3-5-7-12)15(19)23-24(20,21)9-8-16/h3-7,13,17H,2,8-11,16H2,1H3/t13-/m0/s1. The van der Waals surface area contributed by atoms with Crippen LogP contribution in [0.3, 0.4) is 0 Å². The molecule has 0 aliphatic carbocycles. The molecule has 0 radical (unpaired) electrons. The molecule has 3 N–H and O–H groups in total. The van der Waals surface area contributed by atoms with Crippen molar-refractivity contribution in [2.75, 3.05) is 25.4 Å². The van der Waals surface area contributed by atoms with Crippen LogP contribution in [0.2, 0.25) is 0 Å². The Morgan fingerprint density at radius 3 is 2.50 bits per heavy atom. The average Bonchev–Trinajstić information content (AvgIpc) is 2.52. The minimum absolute atomic E-state index is 0.158. The van der Waals surface area contributed by atoms with Crippen molar-refractivity contribution >= 4 is 22.1 Å². The summed E-state index contributed by atoms with van der Waals surface area (Å²) in [5.74, 6) is -2.00. The van der Waals surface area contributed by atoms with Gasteiger partial charge >= 0.3 is 22.1 Å². The van der Waals surface area contributed by atoms with Gasteiger partial charge in [-0.1, -0.05) is 30.3 Å². The Hall–Kier alpha value is -1.97. The topological polar surface area (TPSA) is 125 Å². The van der Waals surface area contributed by atoms with Crippen LogP contribution in [-0.2, 0) is 35.0 Å². The summed E-state index contributed by atoms with van der Waals surface area (Å²) in [5, 5.41) is 2.67. The molecule has 0 aromatic heterocycles. The number of ether oxygens (including phenoxy) is 1. The highest BCUT2D eigenvalue weighted by atomic mass is 32.2. The maximum atomic E-state index is 12.2. The van der Waals surface area contributed by atoms with Gasteiger partial charge in [0.25, 0.3) is 0 Å². The first-order valence-corrected chi connectivity index (χ1v) is 9.04. The molecule has 0 heterocycles. The summed E-state index contributed by atoms with van der Waals surface area (Å²) < 4.78 is 32.5. The zero-order valence-corrected chi connectivity index (χ0v) is 14.3. The number of nitrogens with one attached hydrogen (secondary N) is 1. The number of hydrogen-bond acceptors (Lipinski definition) is 8. The Labute approximate surface area is 141 Å². The maximum Gasteiger partial charge on any atom is 0.339 e. The Morgan fingerprint density at radius 1 is 1.25 bits per heavy atom. The quantitative estimate of drug-likeness (QED) is 0.427. The number of rotatable bonds is 10. The molecule has 0 aliphatic rings. The number of nitrogens with two attached hydrogens (primary N) is 1. The molecule has 0 saturated heterocycles. The number of carbonyl (C=O) groups excluding carboxylic acids is 2. The fraction of sp³-hybridized carbons (Fsp3) is 0.467. The summed E-state index contributed by atoms with van der Waals surface area (Å²) in [6, 6.07) is 7.93. The van der Waals surface area contributed by atoms with Crippen LogP contribution in [0.5, 0.6) is 0 Å². The molecular weight excluding hydrogens is 336 g/mol. The summed E-state index contributed by atoms with van der Waals surface area (Å²) in [6.45, 7) is 1.47. The third-order valence-electron chi connectivity index (χ3n) is 2.94. The Morgan fingerprint density at radius 2 is 1.92 bits per heavy atom. The van der Waals surface area contributed by atoms with E-state index in [0.29, 0.717) is 0 Å². The molecule has 1 aromatic rings. The van der Waals surface area contributed by atoms with Crippen LogP contribution in [0.1, 0.15) is 12.5 Å². The van der Waals surface area contributed by atoms with E-state index in [-0.39, 0.29) is 26.1 Å². The second-order valence-corrected chi connectivity index (χ2v) is 6.57. The van der Waals surface area contributed by atoms with Gasteiger partial charge in [0.2, 0.25) is 0 Å². The zero-order chi connectivity index (χ0) is 18.0. The van der Waals surface area contributed by atoms with E-state index in [4.69, 9.17) is 10.5 Å². The molecule has 1 rings (SSSR count). The predicted octanol–water partition coefficient (Wildman–Crippen LogP) is -0.418. The smallest absolute Gasteiger partial charge is 0.339 e. The fourth-order valence-corrected chi connectivity index (χ4v) is 2.61. The molecular formula is C15H22N2O6S. The lowest BCUT2D eigenvalue weighted by molar-refractivity contribution is -0.142. The van der Waals surface area contributed by atoms with Crippen molar-refractivity contribution in [1.29, 1.82) is 0 Å². The number of esters is 1. The van der Waals surface area contributed by atoms with E-state index in [2.05, 4.69) is 9.50 Å². The van der Waals surface area contributed by atoms with E-state index in [0.717, 1.165) is 5.56 Å². The van der Waals surface area contributed by atoms with Gasteiger partial charge in [0, 0.05) is 6.54 Å². The van der Waals surface area contributed by atoms with Crippen LogP contribution < -0.4 is 11.1 Å². The van der Waals surface area contributed by atoms with Gasteiger partial charge in [-0.3, -0.25) is 10.1 Å². The largest absolute Gasteiger partial charge is 0.465 e. The van der Waals surface area contributed by atoms with E-state index in [9.17, 15) is 18.0 Å². The molecule has 134 valence electrons. The monoisotopic (exact) mass is 358 g/mol. The van der Waals surface area contributed by atoms with Gasteiger partial charge in [0.15, 0.2) is 0 Å². The van der Waals surface area contributed by atoms with Crippen LogP contribution in [0, 0.1) is 0 Å².